The average Bonchev–Trinajstić information content (AvgIpc) is 2.22. The second-order valence-corrected chi connectivity index (χ2v) is 4.72. The number of aliphatic hydroxyl groups is 1. The largest absolute Gasteiger partial charge is 0.396 e. The molecule has 2 unspecified atom stereocenters. The maximum absolute atomic E-state index is 9.16. The van der Waals surface area contributed by atoms with E-state index in [0.717, 1.165) is 17.9 Å². The highest BCUT2D eigenvalue weighted by atomic mass is 16.3. The van der Waals surface area contributed by atoms with Crippen LogP contribution in [0.25, 0.3) is 0 Å². The van der Waals surface area contributed by atoms with Gasteiger partial charge >= 0.3 is 0 Å². The minimum absolute atomic E-state index is 0.264. The maximum atomic E-state index is 9.16. The maximum Gasteiger partial charge on any atom is 0.0496 e. The first-order valence-electron chi connectivity index (χ1n) is 6.41. The molecule has 0 aromatic carbocycles. The lowest BCUT2D eigenvalue weighted by Crippen LogP contribution is -2.08. The number of rotatable bonds is 9. The molecule has 0 aliphatic carbocycles. The van der Waals surface area contributed by atoms with Crippen molar-refractivity contribution in [3.63, 3.8) is 0 Å². The first-order valence-corrected chi connectivity index (χ1v) is 6.41. The molecule has 0 spiro atoms. The molecule has 0 amide bonds. The van der Waals surface area contributed by atoms with E-state index in [1.165, 1.54) is 32.1 Å². The number of aliphatic hydroxyl groups excluding tert-OH is 1. The van der Waals surface area contributed by atoms with Gasteiger partial charge in [0.25, 0.3) is 0 Å². The molecule has 15 heavy (non-hydrogen) atoms. The zero-order chi connectivity index (χ0) is 11.7. The van der Waals surface area contributed by atoms with Crippen LogP contribution in [0.4, 0.5) is 0 Å². The predicted octanol–water partition coefficient (Wildman–Crippen LogP) is 4.17. The van der Waals surface area contributed by atoms with Crippen LogP contribution >= 0.6 is 0 Å². The number of hydrogen-bond acceptors (Lipinski definition) is 1. The highest BCUT2D eigenvalue weighted by Crippen LogP contribution is 2.22. The van der Waals surface area contributed by atoms with Gasteiger partial charge in [-0.1, -0.05) is 58.1 Å². The fourth-order valence-electron chi connectivity index (χ4n) is 2.11. The highest BCUT2D eigenvalue weighted by molar-refractivity contribution is 4.95. The Morgan fingerprint density at radius 3 is 2.27 bits per heavy atom. The van der Waals surface area contributed by atoms with Gasteiger partial charge < -0.3 is 5.11 Å². The van der Waals surface area contributed by atoms with Crippen molar-refractivity contribution in [2.75, 3.05) is 6.61 Å². The summed E-state index contributed by atoms with van der Waals surface area (Å²) >= 11 is 0. The van der Waals surface area contributed by atoms with Gasteiger partial charge in [0.05, 0.1) is 0 Å². The first kappa shape index (κ1) is 14.7. The fourth-order valence-corrected chi connectivity index (χ4v) is 2.11. The Balaban J connectivity index is 3.69. The Morgan fingerprint density at radius 1 is 1.20 bits per heavy atom. The van der Waals surface area contributed by atoms with Crippen LogP contribution in [-0.4, -0.2) is 11.7 Å². The molecule has 0 aromatic rings. The normalized spacial score (nSPS) is 14.9. The molecule has 0 bridgehead atoms. The molecule has 0 fully saturated rings. The molecule has 0 radical (unpaired) electrons. The van der Waals surface area contributed by atoms with Crippen LogP contribution < -0.4 is 0 Å². The average molecular weight is 212 g/mol. The summed E-state index contributed by atoms with van der Waals surface area (Å²) < 4.78 is 0. The monoisotopic (exact) mass is 212 g/mol. The minimum Gasteiger partial charge on any atom is -0.396 e. The summed E-state index contributed by atoms with van der Waals surface area (Å²) in [5.74, 6) is 1.21. The van der Waals surface area contributed by atoms with Crippen LogP contribution in [0.5, 0.6) is 0 Å². The van der Waals surface area contributed by atoms with E-state index < -0.39 is 0 Å². The molecule has 1 nitrogen and oxygen atoms in total. The Morgan fingerprint density at radius 2 is 1.87 bits per heavy atom. The second kappa shape index (κ2) is 8.96. The Bertz CT molecular complexity index is 163. The van der Waals surface area contributed by atoms with Crippen LogP contribution in [0.2, 0.25) is 0 Å². The molecular formula is C14H28O. The fraction of sp³-hybridized carbons (Fsp3) is 0.857. The quantitative estimate of drug-likeness (QED) is 0.569. The van der Waals surface area contributed by atoms with Crippen molar-refractivity contribution in [2.24, 2.45) is 11.8 Å². The van der Waals surface area contributed by atoms with Crippen molar-refractivity contribution in [1.29, 1.82) is 0 Å². The zero-order valence-electron chi connectivity index (χ0n) is 10.8. The van der Waals surface area contributed by atoms with Crippen LogP contribution in [0.1, 0.15) is 59.3 Å². The van der Waals surface area contributed by atoms with E-state index in [1.54, 1.807) is 0 Å². The molecule has 0 aliphatic heterocycles. The smallest absolute Gasteiger partial charge is 0.0496 e. The highest BCUT2D eigenvalue weighted by Gasteiger charge is 2.10. The lowest BCUT2D eigenvalue weighted by Gasteiger charge is -2.17. The van der Waals surface area contributed by atoms with Crippen molar-refractivity contribution in [3.8, 4) is 0 Å². The second-order valence-electron chi connectivity index (χ2n) is 4.72. The Kier molecular flexibility index (Phi) is 8.79. The molecule has 2 atom stereocenters. The SMILES string of the molecule is C=C(C)C(CO)CCCC(CC)CCC. The van der Waals surface area contributed by atoms with Crippen LogP contribution in [0.3, 0.4) is 0 Å². The first-order chi connectivity index (χ1) is 7.15. The molecule has 1 N–H and O–H groups in total. The van der Waals surface area contributed by atoms with Gasteiger partial charge in [-0.05, 0) is 19.3 Å². The van der Waals surface area contributed by atoms with E-state index >= 15 is 0 Å². The van der Waals surface area contributed by atoms with Gasteiger partial charge in [-0.25, -0.2) is 0 Å². The minimum atomic E-state index is 0.264. The topological polar surface area (TPSA) is 20.2 Å². The molecule has 0 saturated heterocycles. The Labute approximate surface area is 95.6 Å². The molecule has 90 valence electrons. The summed E-state index contributed by atoms with van der Waals surface area (Å²) in [7, 11) is 0. The third-order valence-electron chi connectivity index (χ3n) is 3.36. The van der Waals surface area contributed by atoms with E-state index in [0.29, 0.717) is 5.92 Å². The summed E-state index contributed by atoms with van der Waals surface area (Å²) in [4.78, 5) is 0. The van der Waals surface area contributed by atoms with Gasteiger partial charge in [-0.3, -0.25) is 0 Å². The summed E-state index contributed by atoms with van der Waals surface area (Å²) in [6.45, 7) is 10.7. The molecule has 0 aromatic heterocycles. The lowest BCUT2D eigenvalue weighted by molar-refractivity contribution is 0.234. The summed E-state index contributed by atoms with van der Waals surface area (Å²) in [6.07, 6.45) is 7.59. The van der Waals surface area contributed by atoms with Gasteiger partial charge in [-0.2, -0.15) is 0 Å². The summed E-state index contributed by atoms with van der Waals surface area (Å²) in [6, 6.07) is 0. The third kappa shape index (κ3) is 6.72. The molecule has 0 aliphatic rings. The van der Waals surface area contributed by atoms with Crippen molar-refractivity contribution >= 4 is 0 Å². The Hall–Kier alpha value is -0.300. The van der Waals surface area contributed by atoms with Gasteiger partial charge in [0, 0.05) is 12.5 Å². The third-order valence-corrected chi connectivity index (χ3v) is 3.36. The van der Waals surface area contributed by atoms with Gasteiger partial charge in [0.15, 0.2) is 0 Å². The molecule has 0 rings (SSSR count). The number of hydrogen-bond donors (Lipinski definition) is 1. The van der Waals surface area contributed by atoms with Crippen LogP contribution in [0, 0.1) is 11.8 Å². The van der Waals surface area contributed by atoms with E-state index in [-0.39, 0.29) is 6.61 Å². The standard InChI is InChI=1S/C14H28O/c1-5-8-13(6-2)9-7-10-14(11-15)12(3)4/h13-15H,3,5-11H2,1-2,4H3. The van der Waals surface area contributed by atoms with Gasteiger partial charge in [0.2, 0.25) is 0 Å². The summed E-state index contributed by atoms with van der Waals surface area (Å²) in [5, 5.41) is 9.16. The van der Waals surface area contributed by atoms with E-state index in [4.69, 9.17) is 5.11 Å². The van der Waals surface area contributed by atoms with E-state index in [9.17, 15) is 0 Å². The predicted molar refractivity (Wildman–Crippen MR) is 67.9 cm³/mol. The molecule has 1 heteroatoms. The van der Waals surface area contributed by atoms with Gasteiger partial charge in [-0.15, -0.1) is 0 Å². The van der Waals surface area contributed by atoms with Crippen molar-refractivity contribution in [2.45, 2.75) is 59.3 Å². The zero-order valence-corrected chi connectivity index (χ0v) is 10.8. The van der Waals surface area contributed by atoms with Crippen molar-refractivity contribution in [3.05, 3.63) is 12.2 Å². The van der Waals surface area contributed by atoms with Crippen molar-refractivity contribution in [1.82, 2.24) is 0 Å². The van der Waals surface area contributed by atoms with E-state index in [1.807, 2.05) is 6.92 Å². The molecular weight excluding hydrogens is 184 g/mol. The molecule has 0 heterocycles. The van der Waals surface area contributed by atoms with Crippen molar-refractivity contribution < 1.29 is 5.11 Å². The van der Waals surface area contributed by atoms with E-state index in [2.05, 4.69) is 20.4 Å². The van der Waals surface area contributed by atoms with Crippen LogP contribution in [-0.2, 0) is 0 Å². The lowest BCUT2D eigenvalue weighted by atomic mass is 9.90. The summed E-state index contributed by atoms with van der Waals surface area (Å²) in [5.41, 5.74) is 1.13. The molecule has 0 saturated carbocycles. The van der Waals surface area contributed by atoms with Crippen LogP contribution in [0.15, 0.2) is 12.2 Å². The van der Waals surface area contributed by atoms with Gasteiger partial charge in [0.1, 0.15) is 0 Å².